The number of halogens is 4. The fraction of sp³-hybridized carbons (Fsp3) is 0.308. The quantitative estimate of drug-likeness (QED) is 0.311. The summed E-state index contributed by atoms with van der Waals surface area (Å²) in [6, 6.07) is 12.6. The van der Waals surface area contributed by atoms with Gasteiger partial charge in [0.25, 0.3) is 5.91 Å². The molecule has 1 saturated heterocycles. The number of carbonyl (C=O) groups excluding carboxylic acids is 2. The zero-order valence-corrected chi connectivity index (χ0v) is 22.5. The van der Waals surface area contributed by atoms with Crippen LogP contribution in [-0.4, -0.2) is 76.3 Å². The first-order valence-electron chi connectivity index (χ1n) is 12.7. The number of aromatic nitrogens is 6. The molecule has 3 heterocycles. The standard InChI is InChI=1S/C26H24ClF3N8O4/c27-17-7-5-15(6-8-17)23-34-37(25(42)36(23)12-20(39)26(28,29)30)13-21-32-14-38(33-21)19-4-2-1-3-18(19)24(41)35-10-9-16(11-35)22(31)40/h1-8,14,16,20,39H,9-13H2,(H2,31,40)/t16?,20-/m0/s1. The van der Waals surface area contributed by atoms with Gasteiger partial charge in [0, 0.05) is 23.7 Å². The molecule has 1 fully saturated rings. The van der Waals surface area contributed by atoms with Crippen LogP contribution < -0.4 is 11.4 Å². The first-order chi connectivity index (χ1) is 19.9. The molecule has 12 nitrogen and oxygen atoms in total. The van der Waals surface area contributed by atoms with Gasteiger partial charge in [0.1, 0.15) is 12.9 Å². The minimum atomic E-state index is -4.96. The number of aliphatic hydroxyl groups excluding tert-OH is 1. The summed E-state index contributed by atoms with van der Waals surface area (Å²) in [7, 11) is 0. The summed E-state index contributed by atoms with van der Waals surface area (Å²) >= 11 is 5.92. The number of hydrogen-bond acceptors (Lipinski definition) is 7. The molecule has 3 N–H and O–H groups in total. The molecular formula is C26H24ClF3N8O4. The van der Waals surface area contributed by atoms with Crippen molar-refractivity contribution in [2.45, 2.75) is 31.8 Å². The van der Waals surface area contributed by atoms with Crippen molar-refractivity contribution in [1.82, 2.24) is 34.0 Å². The Bertz CT molecular complexity index is 1680. The molecule has 42 heavy (non-hydrogen) atoms. The van der Waals surface area contributed by atoms with Crippen LogP contribution >= 0.6 is 11.6 Å². The molecule has 1 aliphatic rings. The second-order valence-corrected chi connectivity index (χ2v) is 10.1. The van der Waals surface area contributed by atoms with E-state index in [0.29, 0.717) is 34.8 Å². The van der Waals surface area contributed by atoms with Gasteiger partial charge in [-0.2, -0.15) is 13.2 Å². The van der Waals surface area contributed by atoms with E-state index in [0.717, 1.165) is 9.25 Å². The highest BCUT2D eigenvalue weighted by Crippen LogP contribution is 2.25. The van der Waals surface area contributed by atoms with Crippen LogP contribution in [0.3, 0.4) is 0 Å². The lowest BCUT2D eigenvalue weighted by molar-refractivity contribution is -0.207. The molecule has 5 rings (SSSR count). The molecule has 2 atom stereocenters. The van der Waals surface area contributed by atoms with Crippen molar-refractivity contribution in [1.29, 1.82) is 0 Å². The van der Waals surface area contributed by atoms with Gasteiger partial charge in [0.15, 0.2) is 17.8 Å². The van der Waals surface area contributed by atoms with Crippen LogP contribution in [0.1, 0.15) is 22.6 Å². The summed E-state index contributed by atoms with van der Waals surface area (Å²) in [5.41, 5.74) is 5.45. The number of para-hydroxylation sites is 1. The summed E-state index contributed by atoms with van der Waals surface area (Å²) in [4.78, 5) is 43.7. The number of primary amides is 1. The first-order valence-corrected chi connectivity index (χ1v) is 13.1. The molecule has 2 aromatic heterocycles. The van der Waals surface area contributed by atoms with Crippen molar-refractivity contribution in [2.75, 3.05) is 13.1 Å². The van der Waals surface area contributed by atoms with Crippen molar-refractivity contribution >= 4 is 23.4 Å². The third-order valence-corrected chi connectivity index (χ3v) is 7.10. The lowest BCUT2D eigenvalue weighted by atomic mass is 10.1. The van der Waals surface area contributed by atoms with Crippen molar-refractivity contribution in [2.24, 2.45) is 11.7 Å². The normalized spacial score (nSPS) is 16.1. The van der Waals surface area contributed by atoms with E-state index in [1.54, 1.807) is 24.3 Å². The molecular weight excluding hydrogens is 581 g/mol. The Balaban J connectivity index is 1.43. The van der Waals surface area contributed by atoms with Crippen LogP contribution in [0.5, 0.6) is 0 Å². The fourth-order valence-corrected chi connectivity index (χ4v) is 4.74. The topological polar surface area (TPSA) is 154 Å². The van der Waals surface area contributed by atoms with E-state index >= 15 is 0 Å². The smallest absolute Gasteiger partial charge is 0.382 e. The molecule has 2 amide bonds. The summed E-state index contributed by atoms with van der Waals surface area (Å²) in [6.07, 6.45) is -5.97. The van der Waals surface area contributed by atoms with Crippen LogP contribution in [0.2, 0.25) is 5.02 Å². The van der Waals surface area contributed by atoms with Crippen molar-refractivity contribution < 1.29 is 27.9 Å². The lowest BCUT2D eigenvalue weighted by Gasteiger charge is -2.18. The molecule has 2 aromatic carbocycles. The molecule has 220 valence electrons. The van der Waals surface area contributed by atoms with Gasteiger partial charge in [0.05, 0.1) is 23.7 Å². The van der Waals surface area contributed by atoms with Gasteiger partial charge in [0.2, 0.25) is 5.91 Å². The van der Waals surface area contributed by atoms with Gasteiger partial charge in [-0.25, -0.2) is 19.1 Å². The average molecular weight is 605 g/mol. The predicted octanol–water partition coefficient (Wildman–Crippen LogP) is 1.86. The minimum Gasteiger partial charge on any atom is -0.382 e. The van der Waals surface area contributed by atoms with Crippen LogP contribution in [0.4, 0.5) is 13.2 Å². The van der Waals surface area contributed by atoms with Gasteiger partial charge in [-0.1, -0.05) is 23.7 Å². The molecule has 0 saturated carbocycles. The van der Waals surface area contributed by atoms with E-state index in [1.807, 2.05) is 0 Å². The van der Waals surface area contributed by atoms with Crippen molar-refractivity contribution in [3.8, 4) is 17.1 Å². The number of likely N-dealkylation sites (tertiary alicyclic amines) is 1. The third-order valence-electron chi connectivity index (χ3n) is 6.85. The number of hydrogen-bond donors (Lipinski definition) is 2. The Morgan fingerprint density at radius 3 is 2.50 bits per heavy atom. The van der Waals surface area contributed by atoms with E-state index in [2.05, 4.69) is 15.2 Å². The first kappa shape index (κ1) is 29.0. The van der Waals surface area contributed by atoms with E-state index in [4.69, 9.17) is 17.3 Å². The van der Waals surface area contributed by atoms with Gasteiger partial charge in [-0.05, 0) is 42.8 Å². The summed E-state index contributed by atoms with van der Waals surface area (Å²) in [6.45, 7) is -0.821. The van der Waals surface area contributed by atoms with Gasteiger partial charge < -0.3 is 15.7 Å². The summed E-state index contributed by atoms with van der Waals surface area (Å²) < 4.78 is 42.3. The maximum atomic E-state index is 13.3. The summed E-state index contributed by atoms with van der Waals surface area (Å²) in [5, 5.41) is 18.6. The number of alkyl halides is 3. The van der Waals surface area contributed by atoms with Crippen LogP contribution in [0.15, 0.2) is 59.7 Å². The Morgan fingerprint density at radius 1 is 1.12 bits per heavy atom. The number of benzene rings is 2. The Kier molecular flexibility index (Phi) is 7.88. The van der Waals surface area contributed by atoms with E-state index in [-0.39, 0.29) is 30.6 Å². The van der Waals surface area contributed by atoms with Crippen molar-refractivity contribution in [3.63, 3.8) is 0 Å². The number of carbonyl (C=O) groups is 2. The minimum absolute atomic E-state index is 0.0815. The SMILES string of the molecule is NC(=O)C1CCN(C(=O)c2ccccc2-n2cnc(Cn3nc(-c4ccc(Cl)cc4)n(C[C@H](O)C(F)(F)F)c3=O)n2)C1. The monoisotopic (exact) mass is 604 g/mol. The van der Waals surface area contributed by atoms with E-state index in [9.17, 15) is 32.7 Å². The largest absolute Gasteiger partial charge is 0.416 e. The van der Waals surface area contributed by atoms with Crippen LogP contribution in [0.25, 0.3) is 17.1 Å². The maximum Gasteiger partial charge on any atom is 0.416 e. The second-order valence-electron chi connectivity index (χ2n) is 9.70. The van der Waals surface area contributed by atoms with Crippen molar-refractivity contribution in [3.05, 3.63) is 81.8 Å². The van der Waals surface area contributed by atoms with E-state index in [1.165, 1.54) is 40.2 Å². The molecule has 1 unspecified atom stereocenters. The van der Waals surface area contributed by atoms with Crippen LogP contribution in [-0.2, 0) is 17.9 Å². The van der Waals surface area contributed by atoms with E-state index < -0.39 is 36.3 Å². The maximum absolute atomic E-state index is 13.3. The molecule has 0 bridgehead atoms. The molecule has 0 aliphatic carbocycles. The molecule has 0 spiro atoms. The highest BCUT2D eigenvalue weighted by molar-refractivity contribution is 6.30. The molecule has 4 aromatic rings. The Labute approximate surface area is 240 Å². The highest BCUT2D eigenvalue weighted by atomic mass is 35.5. The number of nitrogens with two attached hydrogens (primary N) is 1. The predicted molar refractivity (Wildman–Crippen MR) is 143 cm³/mol. The number of nitrogens with zero attached hydrogens (tertiary/aromatic N) is 7. The summed E-state index contributed by atoms with van der Waals surface area (Å²) in [5.74, 6) is -1.25. The zero-order chi connectivity index (χ0) is 30.2. The highest BCUT2D eigenvalue weighted by Gasteiger charge is 2.39. The van der Waals surface area contributed by atoms with Gasteiger partial charge >= 0.3 is 11.9 Å². The molecule has 1 aliphatic heterocycles. The van der Waals surface area contributed by atoms with Gasteiger partial charge in [-0.3, -0.25) is 14.2 Å². The lowest BCUT2D eigenvalue weighted by Crippen LogP contribution is -2.37. The second kappa shape index (κ2) is 11.4. The third kappa shape index (κ3) is 5.92. The van der Waals surface area contributed by atoms with Gasteiger partial charge in [-0.15, -0.1) is 10.2 Å². The zero-order valence-electron chi connectivity index (χ0n) is 21.8. The number of aliphatic hydroxyl groups is 1. The molecule has 16 heteroatoms. The van der Waals surface area contributed by atoms with Crippen LogP contribution in [0, 0.1) is 5.92 Å². The average Bonchev–Trinajstić information content (AvgIpc) is 3.70. The fourth-order valence-electron chi connectivity index (χ4n) is 4.62. The number of rotatable bonds is 8. The number of amides is 2. The molecule has 0 radical (unpaired) electrons. The Hall–Kier alpha value is -4.50. The Morgan fingerprint density at radius 2 is 1.83 bits per heavy atom.